The van der Waals surface area contributed by atoms with Crippen LogP contribution in [0.2, 0.25) is 0 Å². The third kappa shape index (κ3) is 4.34. The molecule has 2 atom stereocenters. The SMILES string of the molecule is CCCC1CCC(=O)N(CC(N)C(N)=O)CC1. The van der Waals surface area contributed by atoms with Gasteiger partial charge in [0.15, 0.2) is 0 Å². The largest absolute Gasteiger partial charge is 0.368 e. The van der Waals surface area contributed by atoms with Crippen molar-refractivity contribution in [1.82, 2.24) is 4.90 Å². The zero-order valence-electron chi connectivity index (χ0n) is 10.5. The molecule has 0 aliphatic carbocycles. The second-order valence-corrected chi connectivity index (χ2v) is 4.83. The number of rotatable bonds is 5. The molecule has 0 saturated carbocycles. The molecule has 0 aromatic heterocycles. The highest BCUT2D eigenvalue weighted by atomic mass is 16.2. The lowest BCUT2D eigenvalue weighted by molar-refractivity contribution is -0.131. The fourth-order valence-electron chi connectivity index (χ4n) is 2.31. The molecule has 0 bridgehead atoms. The minimum absolute atomic E-state index is 0.0975. The number of carbonyl (C=O) groups excluding carboxylic acids is 2. The molecular weight excluding hydrogens is 218 g/mol. The van der Waals surface area contributed by atoms with Crippen molar-refractivity contribution in [3.63, 3.8) is 0 Å². The van der Waals surface area contributed by atoms with Crippen molar-refractivity contribution in [2.75, 3.05) is 13.1 Å². The van der Waals surface area contributed by atoms with Crippen LogP contribution < -0.4 is 11.5 Å². The molecule has 2 amide bonds. The summed E-state index contributed by atoms with van der Waals surface area (Å²) in [6.45, 7) is 3.12. The van der Waals surface area contributed by atoms with E-state index in [1.165, 1.54) is 6.42 Å². The van der Waals surface area contributed by atoms with E-state index in [1.54, 1.807) is 4.90 Å². The number of primary amides is 1. The average Bonchev–Trinajstić information content (AvgIpc) is 2.44. The van der Waals surface area contributed by atoms with Crippen molar-refractivity contribution in [2.24, 2.45) is 17.4 Å². The first kappa shape index (κ1) is 14.0. The van der Waals surface area contributed by atoms with Gasteiger partial charge < -0.3 is 16.4 Å². The number of nitrogens with zero attached hydrogens (tertiary/aromatic N) is 1. The molecule has 1 aliphatic rings. The molecule has 98 valence electrons. The summed E-state index contributed by atoms with van der Waals surface area (Å²) in [5.74, 6) is 0.172. The Bertz CT molecular complexity index is 281. The second-order valence-electron chi connectivity index (χ2n) is 4.83. The van der Waals surface area contributed by atoms with Crippen LogP contribution in [0.3, 0.4) is 0 Å². The minimum Gasteiger partial charge on any atom is -0.368 e. The Hall–Kier alpha value is -1.10. The van der Waals surface area contributed by atoms with Crippen LogP contribution in [0, 0.1) is 5.92 Å². The van der Waals surface area contributed by atoms with Crippen LogP contribution in [0.5, 0.6) is 0 Å². The van der Waals surface area contributed by atoms with Gasteiger partial charge in [0.2, 0.25) is 11.8 Å². The Morgan fingerprint density at radius 3 is 2.82 bits per heavy atom. The smallest absolute Gasteiger partial charge is 0.236 e. The van der Waals surface area contributed by atoms with E-state index >= 15 is 0 Å². The summed E-state index contributed by atoms with van der Waals surface area (Å²) < 4.78 is 0. The molecule has 0 radical (unpaired) electrons. The molecule has 1 rings (SSSR count). The molecule has 1 heterocycles. The van der Waals surface area contributed by atoms with E-state index in [2.05, 4.69) is 6.92 Å². The first-order chi connectivity index (χ1) is 8.04. The number of likely N-dealkylation sites (tertiary alicyclic amines) is 1. The van der Waals surface area contributed by atoms with Crippen molar-refractivity contribution in [1.29, 1.82) is 0 Å². The minimum atomic E-state index is -0.748. The zero-order valence-corrected chi connectivity index (χ0v) is 10.5. The van der Waals surface area contributed by atoms with Gasteiger partial charge in [-0.15, -0.1) is 0 Å². The van der Waals surface area contributed by atoms with Crippen LogP contribution in [0.15, 0.2) is 0 Å². The zero-order chi connectivity index (χ0) is 12.8. The highest BCUT2D eigenvalue weighted by Gasteiger charge is 2.24. The molecule has 5 heteroatoms. The van der Waals surface area contributed by atoms with Crippen molar-refractivity contribution in [2.45, 2.75) is 45.1 Å². The van der Waals surface area contributed by atoms with Gasteiger partial charge >= 0.3 is 0 Å². The predicted molar refractivity (Wildman–Crippen MR) is 66.0 cm³/mol. The fraction of sp³-hybridized carbons (Fsp3) is 0.833. The maximum atomic E-state index is 11.8. The van der Waals surface area contributed by atoms with Crippen LogP contribution in [-0.2, 0) is 9.59 Å². The Morgan fingerprint density at radius 1 is 1.53 bits per heavy atom. The molecule has 0 aromatic rings. The molecule has 17 heavy (non-hydrogen) atoms. The number of nitrogens with two attached hydrogens (primary N) is 2. The van der Waals surface area contributed by atoms with Gasteiger partial charge in [-0.1, -0.05) is 19.8 Å². The number of amides is 2. The summed E-state index contributed by atoms with van der Waals surface area (Å²) >= 11 is 0. The third-order valence-corrected chi connectivity index (χ3v) is 3.41. The van der Waals surface area contributed by atoms with E-state index in [0.29, 0.717) is 18.9 Å². The first-order valence-corrected chi connectivity index (χ1v) is 6.37. The van der Waals surface area contributed by atoms with Gasteiger partial charge in [0.25, 0.3) is 0 Å². The van der Waals surface area contributed by atoms with Crippen LogP contribution in [-0.4, -0.2) is 35.8 Å². The summed E-state index contributed by atoms with van der Waals surface area (Å²) in [6.07, 6.45) is 4.85. The van der Waals surface area contributed by atoms with E-state index in [1.807, 2.05) is 0 Å². The van der Waals surface area contributed by atoms with Gasteiger partial charge in [-0.25, -0.2) is 0 Å². The molecule has 0 aromatic carbocycles. The lowest BCUT2D eigenvalue weighted by Crippen LogP contribution is -2.47. The fourth-order valence-corrected chi connectivity index (χ4v) is 2.31. The summed E-state index contributed by atoms with van der Waals surface area (Å²) in [6, 6.07) is -0.748. The molecule has 0 spiro atoms. The van der Waals surface area contributed by atoms with Crippen molar-refractivity contribution in [3.8, 4) is 0 Å². The van der Waals surface area contributed by atoms with Crippen molar-refractivity contribution < 1.29 is 9.59 Å². The van der Waals surface area contributed by atoms with E-state index in [9.17, 15) is 9.59 Å². The average molecular weight is 241 g/mol. The topological polar surface area (TPSA) is 89.4 Å². The molecular formula is C12H23N3O2. The maximum Gasteiger partial charge on any atom is 0.236 e. The summed E-state index contributed by atoms with van der Waals surface area (Å²) in [5.41, 5.74) is 10.7. The van der Waals surface area contributed by atoms with Gasteiger partial charge in [-0.05, 0) is 18.8 Å². The Balaban J connectivity index is 2.50. The number of carbonyl (C=O) groups is 2. The lowest BCUT2D eigenvalue weighted by atomic mass is 9.96. The monoisotopic (exact) mass is 241 g/mol. The van der Waals surface area contributed by atoms with E-state index in [0.717, 1.165) is 19.3 Å². The summed E-state index contributed by atoms with van der Waals surface area (Å²) in [5, 5.41) is 0. The van der Waals surface area contributed by atoms with E-state index in [-0.39, 0.29) is 12.5 Å². The predicted octanol–water partition coefficient (Wildman–Crippen LogP) is 0.228. The Kier molecular flexibility index (Phi) is 5.41. The Labute approximate surface area is 103 Å². The quantitative estimate of drug-likeness (QED) is 0.722. The van der Waals surface area contributed by atoms with Crippen molar-refractivity contribution in [3.05, 3.63) is 0 Å². The van der Waals surface area contributed by atoms with Crippen LogP contribution in [0.4, 0.5) is 0 Å². The summed E-state index contributed by atoms with van der Waals surface area (Å²) in [7, 11) is 0. The van der Waals surface area contributed by atoms with Gasteiger partial charge in [0, 0.05) is 19.5 Å². The lowest BCUT2D eigenvalue weighted by Gasteiger charge is -2.23. The second kappa shape index (κ2) is 6.59. The Morgan fingerprint density at radius 2 is 2.24 bits per heavy atom. The molecule has 1 saturated heterocycles. The van der Waals surface area contributed by atoms with Crippen LogP contribution >= 0.6 is 0 Å². The molecule has 4 N–H and O–H groups in total. The van der Waals surface area contributed by atoms with E-state index in [4.69, 9.17) is 11.5 Å². The van der Waals surface area contributed by atoms with E-state index < -0.39 is 11.9 Å². The normalized spacial score (nSPS) is 23.3. The maximum absolute atomic E-state index is 11.8. The highest BCUT2D eigenvalue weighted by Crippen LogP contribution is 2.22. The molecule has 1 fully saturated rings. The van der Waals surface area contributed by atoms with Gasteiger partial charge in [0.05, 0.1) is 0 Å². The molecule has 2 unspecified atom stereocenters. The van der Waals surface area contributed by atoms with Crippen LogP contribution in [0.1, 0.15) is 39.0 Å². The van der Waals surface area contributed by atoms with Gasteiger partial charge in [-0.2, -0.15) is 0 Å². The molecule has 1 aliphatic heterocycles. The third-order valence-electron chi connectivity index (χ3n) is 3.41. The van der Waals surface area contributed by atoms with Gasteiger partial charge in [-0.3, -0.25) is 9.59 Å². The van der Waals surface area contributed by atoms with Crippen molar-refractivity contribution >= 4 is 11.8 Å². The number of hydrogen-bond acceptors (Lipinski definition) is 3. The highest BCUT2D eigenvalue weighted by molar-refractivity contribution is 5.81. The standard InChI is InChI=1S/C12H23N3O2/c1-2-3-9-4-5-11(16)15(7-6-9)8-10(13)12(14)17/h9-10H,2-8,13H2,1H3,(H2,14,17). The summed E-state index contributed by atoms with van der Waals surface area (Å²) in [4.78, 5) is 24.4. The van der Waals surface area contributed by atoms with Gasteiger partial charge in [0.1, 0.15) is 6.04 Å². The molecule has 5 nitrogen and oxygen atoms in total. The van der Waals surface area contributed by atoms with Crippen LogP contribution in [0.25, 0.3) is 0 Å². The first-order valence-electron chi connectivity index (χ1n) is 6.37. The number of hydrogen-bond donors (Lipinski definition) is 2.